The molecule has 0 saturated heterocycles. The summed E-state index contributed by atoms with van der Waals surface area (Å²) in [5.74, 6) is 2.87. The van der Waals surface area contributed by atoms with Gasteiger partial charge in [-0.1, -0.05) is 16.9 Å². The van der Waals surface area contributed by atoms with E-state index in [4.69, 9.17) is 13.7 Å². The molecule has 8 heteroatoms. The van der Waals surface area contributed by atoms with Crippen LogP contribution in [0.5, 0.6) is 5.75 Å². The Morgan fingerprint density at radius 1 is 1.20 bits per heavy atom. The van der Waals surface area contributed by atoms with Crippen LogP contribution in [-0.4, -0.2) is 26.8 Å². The fourth-order valence-electron chi connectivity index (χ4n) is 2.28. The number of nitrogens with zero attached hydrogens (tertiary/aromatic N) is 4. The molecule has 126 valence electrons. The van der Waals surface area contributed by atoms with Crippen molar-refractivity contribution in [1.29, 1.82) is 0 Å². The summed E-state index contributed by atoms with van der Waals surface area (Å²) >= 11 is 1.52. The number of imidazole rings is 1. The summed E-state index contributed by atoms with van der Waals surface area (Å²) in [5.41, 5.74) is 1.00. The Kier molecular flexibility index (Phi) is 4.26. The minimum Gasteiger partial charge on any atom is -0.497 e. The van der Waals surface area contributed by atoms with Crippen molar-refractivity contribution in [3.63, 3.8) is 0 Å². The van der Waals surface area contributed by atoms with Crippen LogP contribution in [0.25, 0.3) is 17.3 Å². The molecule has 0 aliphatic carbocycles. The Balaban J connectivity index is 1.48. The van der Waals surface area contributed by atoms with Crippen molar-refractivity contribution >= 4 is 11.8 Å². The molecule has 0 amide bonds. The molecule has 0 spiro atoms. The highest BCUT2D eigenvalue weighted by molar-refractivity contribution is 7.98. The molecule has 3 heterocycles. The molecule has 4 rings (SSSR count). The maximum absolute atomic E-state index is 5.27. The van der Waals surface area contributed by atoms with E-state index in [0.717, 1.165) is 16.6 Å². The van der Waals surface area contributed by atoms with Crippen molar-refractivity contribution in [2.24, 2.45) is 0 Å². The van der Waals surface area contributed by atoms with E-state index in [9.17, 15) is 0 Å². The lowest BCUT2D eigenvalue weighted by Crippen LogP contribution is -1.95. The monoisotopic (exact) mass is 354 g/mol. The van der Waals surface area contributed by atoms with Crippen LogP contribution in [0.4, 0.5) is 0 Å². The van der Waals surface area contributed by atoms with Crippen molar-refractivity contribution in [3.8, 4) is 23.0 Å². The molecule has 25 heavy (non-hydrogen) atoms. The SMILES string of the molecule is COc1ccc(-n2ccnc2SCc2nc(-c3ccco3)no2)cc1. The van der Waals surface area contributed by atoms with Crippen LogP contribution in [0.2, 0.25) is 0 Å². The minimum absolute atomic E-state index is 0.444. The number of rotatable bonds is 6. The van der Waals surface area contributed by atoms with E-state index in [1.165, 1.54) is 11.8 Å². The Morgan fingerprint density at radius 3 is 2.84 bits per heavy atom. The zero-order valence-electron chi connectivity index (χ0n) is 13.3. The van der Waals surface area contributed by atoms with Crippen molar-refractivity contribution < 1.29 is 13.7 Å². The molecule has 0 unspecified atom stereocenters. The molecule has 0 aliphatic heterocycles. The van der Waals surface area contributed by atoms with E-state index < -0.39 is 0 Å². The van der Waals surface area contributed by atoms with Crippen LogP contribution in [0.15, 0.2) is 69.2 Å². The number of thioether (sulfide) groups is 1. The first kappa shape index (κ1) is 15.5. The first-order valence-corrected chi connectivity index (χ1v) is 8.49. The summed E-state index contributed by atoms with van der Waals surface area (Å²) in [6.45, 7) is 0. The van der Waals surface area contributed by atoms with Crippen molar-refractivity contribution in [2.45, 2.75) is 10.9 Å². The Bertz CT molecular complexity index is 945. The number of benzene rings is 1. The molecule has 7 nitrogen and oxygen atoms in total. The summed E-state index contributed by atoms with van der Waals surface area (Å²) in [4.78, 5) is 8.72. The number of methoxy groups -OCH3 is 1. The number of hydrogen-bond acceptors (Lipinski definition) is 7. The molecule has 1 aromatic carbocycles. The first-order valence-electron chi connectivity index (χ1n) is 7.50. The molecule has 0 N–H and O–H groups in total. The number of furan rings is 1. The molecule has 0 saturated carbocycles. The molecule has 0 bridgehead atoms. The number of aromatic nitrogens is 4. The third-order valence-corrected chi connectivity index (χ3v) is 4.44. The molecular weight excluding hydrogens is 340 g/mol. The molecule has 3 aromatic heterocycles. The van der Waals surface area contributed by atoms with E-state index >= 15 is 0 Å². The zero-order chi connectivity index (χ0) is 17.1. The van der Waals surface area contributed by atoms with Crippen LogP contribution in [-0.2, 0) is 5.75 Å². The Morgan fingerprint density at radius 2 is 2.08 bits per heavy atom. The van der Waals surface area contributed by atoms with Crippen LogP contribution < -0.4 is 4.74 Å². The quantitative estimate of drug-likeness (QED) is 0.487. The Labute approximate surface area is 147 Å². The second-order valence-electron chi connectivity index (χ2n) is 5.06. The van der Waals surface area contributed by atoms with Crippen LogP contribution >= 0.6 is 11.8 Å². The summed E-state index contributed by atoms with van der Waals surface area (Å²) in [6, 6.07) is 11.4. The van der Waals surface area contributed by atoms with Gasteiger partial charge in [-0.2, -0.15) is 4.98 Å². The highest BCUT2D eigenvalue weighted by Gasteiger charge is 2.13. The summed E-state index contributed by atoms with van der Waals surface area (Å²) in [5, 5.41) is 4.76. The van der Waals surface area contributed by atoms with Crippen LogP contribution in [0.1, 0.15) is 5.89 Å². The van der Waals surface area contributed by atoms with E-state index in [1.807, 2.05) is 35.0 Å². The predicted molar refractivity (Wildman–Crippen MR) is 91.7 cm³/mol. The largest absolute Gasteiger partial charge is 0.497 e. The smallest absolute Gasteiger partial charge is 0.238 e. The maximum atomic E-state index is 5.27. The van der Waals surface area contributed by atoms with Gasteiger partial charge >= 0.3 is 0 Å². The van der Waals surface area contributed by atoms with Gasteiger partial charge in [-0.15, -0.1) is 0 Å². The van der Waals surface area contributed by atoms with Gasteiger partial charge in [0, 0.05) is 18.1 Å². The van der Waals surface area contributed by atoms with E-state index in [-0.39, 0.29) is 0 Å². The number of ether oxygens (including phenoxy) is 1. The van der Waals surface area contributed by atoms with Gasteiger partial charge in [0.25, 0.3) is 0 Å². The maximum Gasteiger partial charge on any atom is 0.238 e. The van der Waals surface area contributed by atoms with Crippen LogP contribution in [0.3, 0.4) is 0 Å². The average Bonchev–Trinajstić information content (AvgIpc) is 3.40. The van der Waals surface area contributed by atoms with Gasteiger partial charge in [0.15, 0.2) is 10.9 Å². The fraction of sp³-hybridized carbons (Fsp3) is 0.118. The lowest BCUT2D eigenvalue weighted by atomic mass is 10.3. The molecule has 0 radical (unpaired) electrons. The minimum atomic E-state index is 0.444. The summed E-state index contributed by atoms with van der Waals surface area (Å²) in [6.07, 6.45) is 5.24. The first-order chi connectivity index (χ1) is 12.3. The molecule has 0 atom stereocenters. The lowest BCUT2D eigenvalue weighted by molar-refractivity contribution is 0.390. The van der Waals surface area contributed by atoms with Gasteiger partial charge in [0.05, 0.1) is 19.1 Å². The molecule has 0 fully saturated rings. The summed E-state index contributed by atoms with van der Waals surface area (Å²) in [7, 11) is 1.65. The number of hydrogen-bond donors (Lipinski definition) is 0. The second-order valence-corrected chi connectivity index (χ2v) is 6.00. The van der Waals surface area contributed by atoms with E-state index in [0.29, 0.717) is 23.2 Å². The average molecular weight is 354 g/mol. The normalized spacial score (nSPS) is 10.9. The highest BCUT2D eigenvalue weighted by Crippen LogP contribution is 2.25. The standard InChI is InChI=1S/C17H14N4O3S/c1-22-13-6-4-12(5-7-13)21-9-8-18-17(21)25-11-15-19-16(20-24-15)14-3-2-10-23-14/h2-10H,11H2,1H3. The topological polar surface area (TPSA) is 79.1 Å². The highest BCUT2D eigenvalue weighted by atomic mass is 32.2. The lowest BCUT2D eigenvalue weighted by Gasteiger charge is -2.07. The third kappa shape index (κ3) is 3.29. The van der Waals surface area contributed by atoms with Crippen LogP contribution in [0, 0.1) is 0 Å². The van der Waals surface area contributed by atoms with Gasteiger partial charge < -0.3 is 13.7 Å². The predicted octanol–water partition coefficient (Wildman–Crippen LogP) is 3.82. The van der Waals surface area contributed by atoms with Gasteiger partial charge in [0.1, 0.15) is 5.75 Å². The van der Waals surface area contributed by atoms with Gasteiger partial charge in [-0.3, -0.25) is 4.57 Å². The van der Waals surface area contributed by atoms with Crippen molar-refractivity contribution in [1.82, 2.24) is 19.7 Å². The Hall–Kier alpha value is -3.00. The third-order valence-electron chi connectivity index (χ3n) is 3.49. The van der Waals surface area contributed by atoms with Crippen molar-refractivity contribution in [2.75, 3.05) is 7.11 Å². The molecule has 0 aliphatic rings. The van der Waals surface area contributed by atoms with E-state index in [2.05, 4.69) is 15.1 Å². The fourth-order valence-corrected chi connectivity index (χ4v) is 3.09. The van der Waals surface area contributed by atoms with Gasteiger partial charge in [0.2, 0.25) is 11.7 Å². The summed E-state index contributed by atoms with van der Waals surface area (Å²) < 4.78 is 17.7. The molecule has 4 aromatic rings. The zero-order valence-corrected chi connectivity index (χ0v) is 14.1. The van der Waals surface area contributed by atoms with E-state index in [1.54, 1.807) is 31.7 Å². The second kappa shape index (κ2) is 6.86. The van der Waals surface area contributed by atoms with Gasteiger partial charge in [-0.05, 0) is 36.4 Å². The van der Waals surface area contributed by atoms with Gasteiger partial charge in [-0.25, -0.2) is 4.98 Å². The molecular formula is C17H14N4O3S. The van der Waals surface area contributed by atoms with Crippen molar-refractivity contribution in [3.05, 3.63) is 60.9 Å².